The van der Waals surface area contributed by atoms with Crippen molar-refractivity contribution in [2.24, 2.45) is 11.8 Å². The first-order chi connectivity index (χ1) is 26.3. The minimum absolute atomic E-state index is 0.00720. The van der Waals surface area contributed by atoms with Crippen LogP contribution in [0.15, 0.2) is 48.8 Å². The Hall–Kier alpha value is -4.06. The van der Waals surface area contributed by atoms with Crippen molar-refractivity contribution >= 4 is 67.9 Å². The minimum atomic E-state index is -4.22. The lowest BCUT2D eigenvalue weighted by Crippen LogP contribution is -2.40. The van der Waals surface area contributed by atoms with Gasteiger partial charge < -0.3 is 28.9 Å². The van der Waals surface area contributed by atoms with Gasteiger partial charge in [-0.3, -0.25) is 9.59 Å². The molecule has 1 heterocycles. The molecule has 2 aliphatic carbocycles. The zero-order valence-electron chi connectivity index (χ0n) is 30.8. The molecule has 0 N–H and O–H groups in total. The number of thioether (sulfide) groups is 1. The molecule has 304 valence electrons. The van der Waals surface area contributed by atoms with Gasteiger partial charge in [0.05, 0.1) is 25.2 Å². The summed E-state index contributed by atoms with van der Waals surface area (Å²) in [6, 6.07) is 7.88. The van der Waals surface area contributed by atoms with Gasteiger partial charge in [-0.15, -0.1) is 0 Å². The van der Waals surface area contributed by atoms with Crippen LogP contribution in [0.25, 0.3) is 0 Å². The van der Waals surface area contributed by atoms with Gasteiger partial charge in [-0.05, 0) is 94.2 Å². The fraction of sp³-hybridized carbons (Fsp3) is 0.459. The Morgan fingerprint density at radius 1 is 0.946 bits per heavy atom. The second-order valence-electron chi connectivity index (χ2n) is 14.3. The number of carbonyl (C=O) groups excluding carboxylic acids is 3. The molecule has 56 heavy (non-hydrogen) atoms. The van der Waals surface area contributed by atoms with Crippen LogP contribution in [0.4, 0.5) is 19.3 Å². The maximum absolute atomic E-state index is 13.4. The third kappa shape index (κ3) is 12.5. The fourth-order valence-electron chi connectivity index (χ4n) is 5.19. The molecule has 2 aliphatic rings. The molecule has 2 fully saturated rings. The number of pyridine rings is 1. The molecule has 2 aromatic carbocycles. The number of amides is 1. The number of hydrogen-bond acceptors (Lipinski definition) is 12. The van der Waals surface area contributed by atoms with Crippen LogP contribution in [0.5, 0.6) is 17.2 Å². The van der Waals surface area contributed by atoms with Crippen molar-refractivity contribution < 1.29 is 60.0 Å². The van der Waals surface area contributed by atoms with Crippen molar-refractivity contribution in [3.05, 3.63) is 80.7 Å². The Morgan fingerprint density at radius 3 is 2.11 bits per heavy atom. The number of hydrogen-bond donors (Lipinski definition) is 0. The molecule has 1 atom stereocenters. The number of esters is 1. The largest absolute Gasteiger partial charge is 0.619 e. The summed E-state index contributed by atoms with van der Waals surface area (Å²) in [6.07, 6.45) is 4.15. The fourth-order valence-corrected chi connectivity index (χ4v) is 7.22. The Kier molecular flexibility index (Phi) is 13.9. The number of anilines is 1. The van der Waals surface area contributed by atoms with E-state index in [2.05, 4.69) is 4.74 Å². The van der Waals surface area contributed by atoms with Gasteiger partial charge in [-0.1, -0.05) is 41.0 Å². The monoisotopic (exact) mass is 860 g/mol. The highest BCUT2D eigenvalue weighted by molar-refractivity contribution is 8.14. The highest BCUT2D eigenvalue weighted by Crippen LogP contribution is 2.39. The molecule has 3 aromatic rings. The SMILES string of the molecule is CC(C)(C)OC(=O)N(c1ccc(C(=O)SCC(=O)O[C@@H](Cc2c(Cl)c[n+]([O-])cc2Cl)c2ccc(OC(F)F)c(OCC3CC3)c2)cc1OCC1CC1)S(C)(=O)=O. The van der Waals surface area contributed by atoms with Crippen LogP contribution in [0.3, 0.4) is 0 Å². The average Bonchev–Trinajstić information content (AvgIpc) is 4.02. The third-order valence-electron chi connectivity index (χ3n) is 8.25. The highest BCUT2D eigenvalue weighted by atomic mass is 35.5. The van der Waals surface area contributed by atoms with Gasteiger partial charge in [-0.2, -0.15) is 17.8 Å². The van der Waals surface area contributed by atoms with Gasteiger partial charge in [0, 0.05) is 17.5 Å². The van der Waals surface area contributed by atoms with Crippen molar-refractivity contribution in [2.75, 3.05) is 29.5 Å². The van der Waals surface area contributed by atoms with E-state index in [1.54, 1.807) is 20.8 Å². The van der Waals surface area contributed by atoms with Crippen molar-refractivity contribution in [1.82, 2.24) is 0 Å². The van der Waals surface area contributed by atoms with Gasteiger partial charge in [0.2, 0.25) is 15.1 Å². The molecule has 19 heteroatoms. The first-order valence-corrected chi connectivity index (χ1v) is 21.0. The van der Waals surface area contributed by atoms with Gasteiger partial charge in [-0.25, -0.2) is 13.2 Å². The maximum atomic E-state index is 13.4. The Balaban J connectivity index is 1.37. The smallest absolute Gasteiger partial charge is 0.429 e. The number of rotatable bonds is 17. The summed E-state index contributed by atoms with van der Waals surface area (Å²) in [6.45, 7) is 2.09. The first kappa shape index (κ1) is 43.1. The summed E-state index contributed by atoms with van der Waals surface area (Å²) < 4.78 is 80.5. The van der Waals surface area contributed by atoms with Gasteiger partial charge in [0.1, 0.15) is 33.2 Å². The van der Waals surface area contributed by atoms with Crippen LogP contribution in [0.2, 0.25) is 10.0 Å². The Bertz CT molecular complexity index is 2040. The summed E-state index contributed by atoms with van der Waals surface area (Å²) in [5, 5.41) is 11.3. The van der Waals surface area contributed by atoms with Crippen molar-refractivity contribution in [1.29, 1.82) is 0 Å². The zero-order chi connectivity index (χ0) is 40.9. The average molecular weight is 862 g/mol. The van der Waals surface area contributed by atoms with Crippen LogP contribution in [0.1, 0.15) is 74.0 Å². The van der Waals surface area contributed by atoms with Gasteiger partial charge >= 0.3 is 18.7 Å². The Morgan fingerprint density at radius 2 is 1.55 bits per heavy atom. The van der Waals surface area contributed by atoms with Crippen molar-refractivity contribution in [3.8, 4) is 17.2 Å². The molecule has 1 aromatic heterocycles. The highest BCUT2D eigenvalue weighted by Gasteiger charge is 2.34. The van der Waals surface area contributed by atoms with E-state index in [9.17, 15) is 36.8 Å². The molecule has 5 rings (SSSR count). The van der Waals surface area contributed by atoms with Crippen molar-refractivity contribution in [3.63, 3.8) is 0 Å². The maximum Gasteiger partial charge on any atom is 0.429 e. The number of benzene rings is 2. The van der Waals surface area contributed by atoms with E-state index in [0.29, 0.717) is 26.4 Å². The molecule has 13 nitrogen and oxygen atoms in total. The van der Waals surface area contributed by atoms with Crippen LogP contribution in [-0.4, -0.2) is 63.0 Å². The summed E-state index contributed by atoms with van der Waals surface area (Å²) in [7, 11) is -4.22. The molecule has 0 bridgehead atoms. The molecule has 0 radical (unpaired) electrons. The molecule has 0 saturated heterocycles. The normalized spacial score (nSPS) is 14.9. The standard InChI is InChI=1S/C37H40Cl2F2N2O11S2/c1-37(2,3)54-36(46)43(56(4,48)49)28-11-9-24(14-31(28)50-18-21-5-6-21)34(45)55-20-33(44)52-30(15-25-26(38)16-42(47)17-27(25)39)23-10-12-29(53-35(40)41)32(13-23)51-19-22-7-8-22/h9-14,16-17,21-22,30,35H,5-8,15,18-20H2,1-4H3/t30-/m0/s1. The first-order valence-electron chi connectivity index (χ1n) is 17.4. The van der Waals surface area contributed by atoms with E-state index in [-0.39, 0.29) is 75.6 Å². The van der Waals surface area contributed by atoms with E-state index < -0.39 is 51.3 Å². The number of halogens is 4. The summed E-state index contributed by atoms with van der Waals surface area (Å²) in [5.74, 6) is -1.16. The second kappa shape index (κ2) is 18.0. The minimum Gasteiger partial charge on any atom is -0.619 e. The van der Waals surface area contributed by atoms with Crippen LogP contribution in [-0.2, 0) is 30.7 Å². The van der Waals surface area contributed by atoms with E-state index in [0.717, 1.165) is 44.3 Å². The van der Waals surface area contributed by atoms with E-state index in [1.807, 2.05) is 0 Å². The number of aromatic nitrogens is 1. The topological polar surface area (TPSA) is 162 Å². The number of sulfonamides is 1. The predicted octanol–water partition coefficient (Wildman–Crippen LogP) is 7.91. The lowest BCUT2D eigenvalue weighted by molar-refractivity contribution is -0.605. The van der Waals surface area contributed by atoms with Crippen molar-refractivity contribution in [2.45, 2.75) is 71.2 Å². The molecule has 0 unspecified atom stereocenters. The molecular weight excluding hydrogens is 821 g/mol. The van der Waals surface area contributed by atoms with Crippen LogP contribution >= 0.6 is 35.0 Å². The zero-order valence-corrected chi connectivity index (χ0v) is 33.9. The molecular formula is C37H40Cl2F2N2O11S2. The molecule has 2 saturated carbocycles. The lowest BCUT2D eigenvalue weighted by atomic mass is 10.0. The molecule has 0 aliphatic heterocycles. The third-order valence-corrected chi connectivity index (χ3v) is 10.8. The predicted molar refractivity (Wildman–Crippen MR) is 204 cm³/mol. The molecule has 0 spiro atoms. The summed E-state index contributed by atoms with van der Waals surface area (Å²) in [5.41, 5.74) is -0.595. The number of alkyl halides is 2. The molecule has 1 amide bonds. The van der Waals surface area contributed by atoms with E-state index in [1.165, 1.54) is 36.4 Å². The van der Waals surface area contributed by atoms with Crippen LogP contribution < -0.4 is 23.2 Å². The van der Waals surface area contributed by atoms with Crippen LogP contribution in [0, 0.1) is 17.0 Å². The van der Waals surface area contributed by atoms with E-state index >= 15 is 0 Å². The quantitative estimate of drug-likeness (QED) is 0.0734. The van der Waals surface area contributed by atoms with Gasteiger partial charge in [0.15, 0.2) is 23.9 Å². The lowest BCUT2D eigenvalue weighted by Gasteiger charge is -2.27. The van der Waals surface area contributed by atoms with E-state index in [4.69, 9.17) is 42.1 Å². The summed E-state index contributed by atoms with van der Waals surface area (Å²) in [4.78, 5) is 39.9. The number of nitrogens with zero attached hydrogens (tertiary/aromatic N) is 2. The second-order valence-corrected chi connectivity index (χ2v) is 17.9. The summed E-state index contributed by atoms with van der Waals surface area (Å²) >= 11 is 13.3. The number of carbonyl (C=O) groups is 3. The Labute approximate surface area is 337 Å². The number of ether oxygens (including phenoxy) is 5. The van der Waals surface area contributed by atoms with Gasteiger partial charge in [0.25, 0.3) is 0 Å².